The van der Waals surface area contributed by atoms with Gasteiger partial charge in [0, 0.05) is 6.20 Å². The standard InChI is InChI=1S/C15H16N2/c1-12-7-3-4-9-14(12)17-11-13-8-5-6-10-15(13,2)16-17/h3-11,16H,1-2H3. The van der Waals surface area contributed by atoms with Gasteiger partial charge in [-0.15, -0.1) is 0 Å². The van der Waals surface area contributed by atoms with Crippen molar-refractivity contribution in [3.05, 3.63) is 65.9 Å². The summed E-state index contributed by atoms with van der Waals surface area (Å²) < 4.78 is 0. The van der Waals surface area contributed by atoms with Gasteiger partial charge < -0.3 is 0 Å². The van der Waals surface area contributed by atoms with E-state index in [-0.39, 0.29) is 5.54 Å². The maximum atomic E-state index is 3.53. The quantitative estimate of drug-likeness (QED) is 0.788. The Bertz CT molecular complexity index is 540. The number of benzene rings is 1. The smallest absolute Gasteiger partial charge is 0.0795 e. The third-order valence-corrected chi connectivity index (χ3v) is 3.41. The lowest BCUT2D eigenvalue weighted by Gasteiger charge is -2.28. The molecule has 2 heteroatoms. The van der Waals surface area contributed by atoms with Crippen molar-refractivity contribution in [2.75, 3.05) is 5.01 Å². The summed E-state index contributed by atoms with van der Waals surface area (Å²) in [7, 11) is 0. The number of hydrogen-bond acceptors (Lipinski definition) is 2. The summed E-state index contributed by atoms with van der Waals surface area (Å²) in [6, 6.07) is 8.40. The minimum Gasteiger partial charge on any atom is -0.283 e. The monoisotopic (exact) mass is 224 g/mol. The van der Waals surface area contributed by atoms with Crippen molar-refractivity contribution < 1.29 is 0 Å². The Labute approximate surface area is 102 Å². The van der Waals surface area contributed by atoms with Gasteiger partial charge in [0.25, 0.3) is 0 Å². The van der Waals surface area contributed by atoms with Gasteiger partial charge in [0.2, 0.25) is 0 Å². The molecule has 1 atom stereocenters. The van der Waals surface area contributed by atoms with E-state index in [2.05, 4.69) is 79.1 Å². The van der Waals surface area contributed by atoms with Crippen LogP contribution in [-0.4, -0.2) is 5.54 Å². The van der Waals surface area contributed by atoms with Crippen molar-refractivity contribution in [1.82, 2.24) is 5.43 Å². The number of nitrogens with one attached hydrogen (secondary N) is 1. The number of rotatable bonds is 1. The van der Waals surface area contributed by atoms with Crippen LogP contribution in [0.5, 0.6) is 0 Å². The van der Waals surface area contributed by atoms with E-state index in [9.17, 15) is 0 Å². The zero-order valence-electron chi connectivity index (χ0n) is 10.1. The first-order valence-corrected chi connectivity index (χ1v) is 5.90. The van der Waals surface area contributed by atoms with E-state index in [1.807, 2.05) is 0 Å². The van der Waals surface area contributed by atoms with E-state index in [0.717, 1.165) is 0 Å². The van der Waals surface area contributed by atoms with Gasteiger partial charge in [0.15, 0.2) is 0 Å². The van der Waals surface area contributed by atoms with Crippen LogP contribution in [0.4, 0.5) is 5.69 Å². The Morgan fingerprint density at radius 2 is 2.00 bits per heavy atom. The number of para-hydroxylation sites is 1. The van der Waals surface area contributed by atoms with Crippen molar-refractivity contribution in [3.8, 4) is 0 Å². The Morgan fingerprint density at radius 3 is 2.76 bits per heavy atom. The van der Waals surface area contributed by atoms with E-state index >= 15 is 0 Å². The van der Waals surface area contributed by atoms with E-state index in [0.29, 0.717) is 0 Å². The third-order valence-electron chi connectivity index (χ3n) is 3.41. The second kappa shape index (κ2) is 3.60. The maximum absolute atomic E-state index is 3.53. The largest absolute Gasteiger partial charge is 0.283 e. The van der Waals surface area contributed by atoms with Gasteiger partial charge in [0.05, 0.1) is 11.2 Å². The highest BCUT2D eigenvalue weighted by molar-refractivity contribution is 5.60. The third kappa shape index (κ3) is 1.61. The Balaban J connectivity index is 2.00. The van der Waals surface area contributed by atoms with Crippen LogP contribution in [0.3, 0.4) is 0 Å². The zero-order valence-corrected chi connectivity index (χ0v) is 10.1. The number of hydrogen-bond donors (Lipinski definition) is 1. The molecule has 0 saturated heterocycles. The van der Waals surface area contributed by atoms with Crippen LogP contribution in [0.25, 0.3) is 0 Å². The fourth-order valence-electron chi connectivity index (χ4n) is 2.34. The number of aryl methyl sites for hydroxylation is 1. The molecule has 86 valence electrons. The molecule has 0 saturated carbocycles. The summed E-state index contributed by atoms with van der Waals surface area (Å²) >= 11 is 0. The van der Waals surface area contributed by atoms with Crippen LogP contribution in [0, 0.1) is 6.92 Å². The number of anilines is 1. The molecule has 1 N–H and O–H groups in total. The Morgan fingerprint density at radius 1 is 1.18 bits per heavy atom. The van der Waals surface area contributed by atoms with Crippen LogP contribution in [0.15, 0.2) is 60.3 Å². The minimum absolute atomic E-state index is 0.0724. The molecule has 0 fully saturated rings. The van der Waals surface area contributed by atoms with Crippen LogP contribution in [-0.2, 0) is 0 Å². The second-order valence-electron chi connectivity index (χ2n) is 4.77. The van der Waals surface area contributed by atoms with Crippen LogP contribution in [0.1, 0.15) is 12.5 Å². The number of allylic oxidation sites excluding steroid dienone is 2. The average Bonchev–Trinajstić information content (AvgIpc) is 2.66. The molecule has 1 aliphatic carbocycles. The number of hydrazine groups is 1. The van der Waals surface area contributed by atoms with Gasteiger partial charge in [-0.2, -0.15) is 0 Å². The molecule has 2 nitrogen and oxygen atoms in total. The fourth-order valence-corrected chi connectivity index (χ4v) is 2.34. The van der Waals surface area contributed by atoms with Gasteiger partial charge in [-0.1, -0.05) is 42.5 Å². The summed E-state index contributed by atoms with van der Waals surface area (Å²) in [6.45, 7) is 4.32. The fraction of sp³-hybridized carbons (Fsp3) is 0.200. The summed E-state index contributed by atoms with van der Waals surface area (Å²) in [4.78, 5) is 0. The maximum Gasteiger partial charge on any atom is 0.0795 e. The molecule has 17 heavy (non-hydrogen) atoms. The van der Waals surface area contributed by atoms with Crippen LogP contribution >= 0.6 is 0 Å². The van der Waals surface area contributed by atoms with E-state index < -0.39 is 0 Å². The van der Waals surface area contributed by atoms with E-state index in [1.165, 1.54) is 16.8 Å². The lowest BCUT2D eigenvalue weighted by Crippen LogP contribution is -2.45. The molecule has 0 amide bonds. The number of fused-ring (bicyclic) bond motifs is 1. The Hall–Kier alpha value is -1.80. The lowest BCUT2D eigenvalue weighted by atomic mass is 9.90. The molecule has 1 aromatic rings. The van der Waals surface area contributed by atoms with Crippen molar-refractivity contribution in [3.63, 3.8) is 0 Å². The van der Waals surface area contributed by atoms with Crippen molar-refractivity contribution in [1.29, 1.82) is 0 Å². The van der Waals surface area contributed by atoms with Crippen molar-refractivity contribution in [2.45, 2.75) is 19.4 Å². The topological polar surface area (TPSA) is 15.3 Å². The molecule has 2 aliphatic rings. The van der Waals surface area contributed by atoms with E-state index in [1.54, 1.807) is 0 Å². The molecule has 0 spiro atoms. The summed E-state index contributed by atoms with van der Waals surface area (Å²) in [6.07, 6.45) is 10.7. The lowest BCUT2D eigenvalue weighted by molar-refractivity contribution is 0.549. The average molecular weight is 224 g/mol. The molecule has 1 aromatic carbocycles. The SMILES string of the molecule is Cc1ccccc1N1C=C2C=CC=CC2(C)N1. The van der Waals surface area contributed by atoms with Crippen LogP contribution in [0.2, 0.25) is 0 Å². The van der Waals surface area contributed by atoms with Crippen molar-refractivity contribution >= 4 is 5.69 Å². The molecule has 3 rings (SSSR count). The summed E-state index contributed by atoms with van der Waals surface area (Å²) in [5, 5.41) is 2.12. The minimum atomic E-state index is -0.0724. The molecule has 1 aliphatic heterocycles. The van der Waals surface area contributed by atoms with E-state index in [4.69, 9.17) is 0 Å². The Kier molecular flexibility index (Phi) is 2.20. The predicted molar refractivity (Wildman–Crippen MR) is 71.6 cm³/mol. The molecule has 0 aromatic heterocycles. The highest BCUT2D eigenvalue weighted by atomic mass is 15.5. The molecular formula is C15H16N2. The first-order valence-electron chi connectivity index (χ1n) is 5.90. The first kappa shape index (κ1) is 10.4. The highest BCUT2D eigenvalue weighted by Gasteiger charge is 2.33. The molecule has 0 radical (unpaired) electrons. The molecule has 1 unspecified atom stereocenters. The van der Waals surface area contributed by atoms with Crippen LogP contribution < -0.4 is 10.4 Å². The summed E-state index contributed by atoms with van der Waals surface area (Å²) in [5.41, 5.74) is 7.23. The van der Waals surface area contributed by atoms with Gasteiger partial charge in [-0.3, -0.25) is 5.01 Å². The predicted octanol–water partition coefficient (Wildman–Crippen LogP) is 3.09. The zero-order chi connectivity index (χ0) is 11.9. The summed E-state index contributed by atoms with van der Waals surface area (Å²) in [5.74, 6) is 0. The van der Waals surface area contributed by atoms with Gasteiger partial charge in [-0.25, -0.2) is 5.43 Å². The molecule has 0 bridgehead atoms. The number of nitrogens with zero attached hydrogens (tertiary/aromatic N) is 1. The second-order valence-corrected chi connectivity index (χ2v) is 4.77. The first-order chi connectivity index (χ1) is 8.19. The molecule has 1 heterocycles. The highest BCUT2D eigenvalue weighted by Crippen LogP contribution is 2.32. The van der Waals surface area contributed by atoms with Gasteiger partial charge in [0.1, 0.15) is 0 Å². The normalized spacial score (nSPS) is 26.0. The van der Waals surface area contributed by atoms with Gasteiger partial charge in [-0.05, 0) is 31.1 Å². The van der Waals surface area contributed by atoms with Gasteiger partial charge >= 0.3 is 0 Å². The van der Waals surface area contributed by atoms with Crippen molar-refractivity contribution in [2.24, 2.45) is 0 Å². The molecular weight excluding hydrogens is 208 g/mol.